The molecule has 1 atom stereocenters. The molecular weight excluding hydrogens is 338 g/mol. The third-order valence-corrected chi connectivity index (χ3v) is 4.03. The third kappa shape index (κ3) is 6.48. The van der Waals surface area contributed by atoms with Crippen LogP contribution in [0.1, 0.15) is 31.4 Å². The number of benzene rings is 2. The van der Waals surface area contributed by atoms with Crippen molar-refractivity contribution in [1.82, 2.24) is 0 Å². The third-order valence-electron chi connectivity index (χ3n) is 4.03. The van der Waals surface area contributed by atoms with Gasteiger partial charge in [-0.1, -0.05) is 32.3 Å². The lowest BCUT2D eigenvalue weighted by molar-refractivity contribution is -0.119. The van der Waals surface area contributed by atoms with E-state index < -0.39 is 0 Å². The first kappa shape index (κ1) is 20.0. The van der Waals surface area contributed by atoms with Crippen LogP contribution in [0.15, 0.2) is 61.2 Å². The fourth-order valence-corrected chi connectivity index (χ4v) is 2.08. The van der Waals surface area contributed by atoms with Gasteiger partial charge in [-0.15, -0.1) is 0 Å². The molecule has 0 radical (unpaired) electrons. The highest BCUT2D eigenvalue weighted by Gasteiger charge is 2.09. The van der Waals surface area contributed by atoms with Gasteiger partial charge in [0.1, 0.15) is 5.75 Å². The molecule has 0 spiro atoms. The van der Waals surface area contributed by atoms with Crippen LogP contribution in [0.4, 0.5) is 5.69 Å². The summed E-state index contributed by atoms with van der Waals surface area (Å²) < 4.78 is 5.34. The van der Waals surface area contributed by atoms with Crippen molar-refractivity contribution >= 4 is 17.4 Å². The number of rotatable bonds is 7. The first-order valence-corrected chi connectivity index (χ1v) is 8.83. The van der Waals surface area contributed by atoms with Gasteiger partial charge in [-0.2, -0.15) is 0 Å². The van der Waals surface area contributed by atoms with Crippen molar-refractivity contribution in [3.05, 3.63) is 72.3 Å². The smallest absolute Gasteiger partial charge is 0.227 e. The second-order valence-electron chi connectivity index (χ2n) is 6.11. The summed E-state index contributed by atoms with van der Waals surface area (Å²) in [5.41, 5.74) is 2.46. The van der Waals surface area contributed by atoms with Crippen molar-refractivity contribution in [2.75, 3.05) is 11.9 Å². The van der Waals surface area contributed by atoms with Gasteiger partial charge in [-0.25, -0.2) is 0 Å². The number of nitrogens with one attached hydrogen (secondary N) is 1. The Kier molecular flexibility index (Phi) is 7.39. The molecule has 1 unspecified atom stereocenters. The number of ether oxygens (including phenoxy) is 1. The summed E-state index contributed by atoms with van der Waals surface area (Å²) in [7, 11) is 0. The van der Waals surface area contributed by atoms with Gasteiger partial charge in [0.05, 0.1) is 0 Å². The number of carbonyl (C=O) groups excluding carboxylic acids is 2. The number of amides is 1. The molecule has 27 heavy (non-hydrogen) atoms. The van der Waals surface area contributed by atoms with E-state index >= 15 is 0 Å². The Balaban J connectivity index is 1.96. The maximum absolute atomic E-state index is 11.9. The molecule has 0 aliphatic heterocycles. The normalized spacial score (nSPS) is 10.9. The first-order chi connectivity index (χ1) is 13.0. The Morgan fingerprint density at radius 1 is 1.07 bits per heavy atom. The van der Waals surface area contributed by atoms with Gasteiger partial charge in [-0.3, -0.25) is 9.59 Å². The average Bonchev–Trinajstić information content (AvgIpc) is 2.71. The largest absolute Gasteiger partial charge is 0.485 e. The zero-order chi connectivity index (χ0) is 19.6. The quantitative estimate of drug-likeness (QED) is 0.594. The molecule has 2 rings (SSSR count). The van der Waals surface area contributed by atoms with E-state index in [1.165, 1.54) is 6.08 Å². The minimum Gasteiger partial charge on any atom is -0.485 e. The Bertz CT molecular complexity index is 855. The summed E-state index contributed by atoms with van der Waals surface area (Å²) in [6.07, 6.45) is 2.05. The maximum atomic E-state index is 11.9. The van der Waals surface area contributed by atoms with Crippen molar-refractivity contribution in [2.24, 2.45) is 5.92 Å². The van der Waals surface area contributed by atoms with Gasteiger partial charge >= 0.3 is 0 Å². The van der Waals surface area contributed by atoms with Crippen molar-refractivity contribution in [3.63, 3.8) is 0 Å². The van der Waals surface area contributed by atoms with Crippen LogP contribution in [-0.2, 0) is 9.59 Å². The fraction of sp³-hybridized carbons (Fsp3) is 0.217. The Morgan fingerprint density at radius 3 is 2.15 bits per heavy atom. The zero-order valence-corrected chi connectivity index (χ0v) is 15.6. The van der Waals surface area contributed by atoms with Crippen LogP contribution in [-0.4, -0.2) is 18.3 Å². The Labute approximate surface area is 160 Å². The number of ketones is 1. The van der Waals surface area contributed by atoms with Crippen LogP contribution in [0.3, 0.4) is 0 Å². The summed E-state index contributed by atoms with van der Waals surface area (Å²) in [4.78, 5) is 23.0. The molecule has 138 valence electrons. The van der Waals surface area contributed by atoms with Crippen LogP contribution in [0.2, 0.25) is 0 Å². The van der Waals surface area contributed by atoms with Crippen LogP contribution >= 0.6 is 0 Å². The Hall–Kier alpha value is -3.32. The lowest BCUT2D eigenvalue weighted by atomic mass is 10.1. The number of hydrogen-bond acceptors (Lipinski definition) is 3. The molecule has 1 N–H and O–H groups in total. The zero-order valence-electron chi connectivity index (χ0n) is 15.6. The van der Waals surface area contributed by atoms with Crippen LogP contribution < -0.4 is 10.1 Å². The molecule has 0 saturated carbocycles. The highest BCUT2D eigenvalue weighted by Crippen LogP contribution is 2.13. The van der Waals surface area contributed by atoms with Gasteiger partial charge in [0.15, 0.2) is 12.4 Å². The minimum absolute atomic E-state index is 0.00805. The van der Waals surface area contributed by atoms with Crippen molar-refractivity contribution in [3.8, 4) is 17.6 Å². The van der Waals surface area contributed by atoms with E-state index in [0.29, 0.717) is 5.75 Å². The van der Waals surface area contributed by atoms with E-state index in [9.17, 15) is 9.59 Å². The molecule has 0 heterocycles. The molecule has 0 bridgehead atoms. The van der Waals surface area contributed by atoms with E-state index in [4.69, 9.17) is 4.74 Å². The van der Waals surface area contributed by atoms with E-state index in [2.05, 4.69) is 23.7 Å². The van der Waals surface area contributed by atoms with Crippen LogP contribution in [0.25, 0.3) is 0 Å². The van der Waals surface area contributed by atoms with E-state index in [1.54, 1.807) is 12.1 Å². The topological polar surface area (TPSA) is 55.4 Å². The molecule has 1 amide bonds. The molecule has 4 heteroatoms. The number of carbonyl (C=O) groups is 2. The van der Waals surface area contributed by atoms with E-state index in [0.717, 1.165) is 23.2 Å². The predicted molar refractivity (Wildman–Crippen MR) is 108 cm³/mol. The molecule has 4 nitrogen and oxygen atoms in total. The van der Waals surface area contributed by atoms with Gasteiger partial charge in [0.2, 0.25) is 5.91 Å². The van der Waals surface area contributed by atoms with E-state index in [-0.39, 0.29) is 24.2 Å². The predicted octanol–water partition coefficient (Wildman–Crippen LogP) is 4.20. The molecule has 0 aliphatic carbocycles. The van der Waals surface area contributed by atoms with Gasteiger partial charge in [0, 0.05) is 22.7 Å². The first-order valence-electron chi connectivity index (χ1n) is 8.83. The fourth-order valence-electron chi connectivity index (χ4n) is 2.08. The molecule has 2 aromatic rings. The SMILES string of the molecule is C=CC(=O)COc1ccc(C#Cc2ccc(NC(=O)C(C)CC)cc2)cc1. The standard InChI is InChI=1S/C23H23NO3/c1-4-17(3)23(26)24-20-12-8-18(9-13-20)6-7-19-10-14-22(15-11-19)27-16-21(25)5-2/h5,8-15,17H,2,4,16H2,1,3H3,(H,24,26). The molecule has 2 aromatic carbocycles. The van der Waals surface area contributed by atoms with Gasteiger partial charge in [-0.05, 0) is 61.0 Å². The summed E-state index contributed by atoms with van der Waals surface area (Å²) in [5.74, 6) is 6.62. The summed E-state index contributed by atoms with van der Waals surface area (Å²) in [5, 5.41) is 2.89. The lowest BCUT2D eigenvalue weighted by Gasteiger charge is -2.09. The molecule has 0 aromatic heterocycles. The molecular formula is C23H23NO3. The lowest BCUT2D eigenvalue weighted by Crippen LogP contribution is -2.19. The highest BCUT2D eigenvalue weighted by atomic mass is 16.5. The summed E-state index contributed by atoms with van der Waals surface area (Å²) in [6, 6.07) is 14.6. The second kappa shape index (κ2) is 9.98. The summed E-state index contributed by atoms with van der Waals surface area (Å²) >= 11 is 0. The molecule has 0 saturated heterocycles. The van der Waals surface area contributed by atoms with Crippen LogP contribution in [0.5, 0.6) is 5.75 Å². The minimum atomic E-state index is -0.164. The maximum Gasteiger partial charge on any atom is 0.227 e. The van der Waals surface area contributed by atoms with Crippen LogP contribution in [0, 0.1) is 17.8 Å². The second-order valence-corrected chi connectivity index (χ2v) is 6.11. The Morgan fingerprint density at radius 2 is 1.63 bits per heavy atom. The van der Waals surface area contributed by atoms with Gasteiger partial charge < -0.3 is 10.1 Å². The monoisotopic (exact) mass is 361 g/mol. The van der Waals surface area contributed by atoms with Crippen molar-refractivity contribution in [2.45, 2.75) is 20.3 Å². The van der Waals surface area contributed by atoms with Gasteiger partial charge in [0.25, 0.3) is 0 Å². The number of hydrogen-bond donors (Lipinski definition) is 1. The van der Waals surface area contributed by atoms with Crippen molar-refractivity contribution in [1.29, 1.82) is 0 Å². The number of anilines is 1. The summed E-state index contributed by atoms with van der Waals surface area (Å²) in [6.45, 7) is 7.28. The van der Waals surface area contributed by atoms with Crippen molar-refractivity contribution < 1.29 is 14.3 Å². The van der Waals surface area contributed by atoms with E-state index in [1.807, 2.05) is 50.2 Å². The molecule has 0 fully saturated rings. The average molecular weight is 361 g/mol. The molecule has 0 aliphatic rings. The highest BCUT2D eigenvalue weighted by molar-refractivity contribution is 5.92.